The third kappa shape index (κ3) is 4.65. The summed E-state index contributed by atoms with van der Waals surface area (Å²) in [6, 6.07) is 7.86. The van der Waals surface area contributed by atoms with Crippen LogP contribution in [0.3, 0.4) is 0 Å². The van der Waals surface area contributed by atoms with E-state index in [1.165, 1.54) is 4.88 Å². The lowest BCUT2D eigenvalue weighted by atomic mass is 9.92. The van der Waals surface area contributed by atoms with Crippen LogP contribution in [-0.2, 0) is 13.0 Å². The largest absolute Gasteiger partial charge is 0.493 e. The van der Waals surface area contributed by atoms with Gasteiger partial charge in [-0.05, 0) is 71.9 Å². The number of thiophene rings is 1. The van der Waals surface area contributed by atoms with E-state index < -0.39 is 0 Å². The smallest absolute Gasteiger partial charge is 0.254 e. The molecule has 1 amide bonds. The predicted octanol–water partition coefficient (Wildman–Crippen LogP) is 4.22. The number of methoxy groups -OCH3 is 2. The number of amides is 1. The number of nitrogens with zero attached hydrogens (tertiary/aromatic N) is 1. The molecule has 3 rings (SSSR count). The molecule has 0 spiro atoms. The van der Waals surface area contributed by atoms with Gasteiger partial charge in [0.15, 0.2) is 11.5 Å². The van der Waals surface area contributed by atoms with Gasteiger partial charge in [0.2, 0.25) is 0 Å². The zero-order chi connectivity index (χ0) is 19.6. The van der Waals surface area contributed by atoms with Crippen molar-refractivity contribution in [3.8, 4) is 11.5 Å². The molecule has 1 atom stereocenters. The van der Waals surface area contributed by atoms with Crippen molar-refractivity contribution < 1.29 is 14.3 Å². The molecule has 2 heterocycles. The first kappa shape index (κ1) is 20.2. The molecule has 1 aromatic carbocycles. The lowest BCUT2D eigenvalue weighted by Gasteiger charge is -2.27. The minimum Gasteiger partial charge on any atom is -0.493 e. The monoisotopic (exact) mass is 452 g/mol. The van der Waals surface area contributed by atoms with Gasteiger partial charge < -0.3 is 20.1 Å². The molecule has 0 saturated carbocycles. The van der Waals surface area contributed by atoms with E-state index in [-0.39, 0.29) is 11.4 Å². The molecule has 5 nitrogen and oxygen atoms in total. The summed E-state index contributed by atoms with van der Waals surface area (Å²) in [6.07, 6.45) is 2.59. The van der Waals surface area contributed by atoms with Crippen LogP contribution in [0.1, 0.15) is 40.6 Å². The second kappa shape index (κ2) is 8.20. The number of carbonyl (C=O) groups is 1. The zero-order valence-corrected chi connectivity index (χ0v) is 18.3. The molecule has 2 aromatic rings. The summed E-state index contributed by atoms with van der Waals surface area (Å²) in [4.78, 5) is 15.9. The maximum atomic E-state index is 12.7. The minimum atomic E-state index is -0.319. The first-order valence-corrected chi connectivity index (χ1v) is 10.5. The zero-order valence-electron chi connectivity index (χ0n) is 15.9. The summed E-state index contributed by atoms with van der Waals surface area (Å²) in [6.45, 7) is 3.29. The van der Waals surface area contributed by atoms with Gasteiger partial charge in [-0.25, -0.2) is 0 Å². The Labute approximate surface area is 172 Å². The first-order valence-electron chi connectivity index (χ1n) is 8.90. The number of carbonyl (C=O) groups excluding carboxylic acids is 1. The lowest BCUT2D eigenvalue weighted by molar-refractivity contribution is 0.0766. The van der Waals surface area contributed by atoms with Gasteiger partial charge in [0.05, 0.1) is 18.0 Å². The van der Waals surface area contributed by atoms with Crippen molar-refractivity contribution in [1.29, 1.82) is 0 Å². The average Bonchev–Trinajstić information content (AvgIpc) is 3.20. The number of hydrogen-bond acceptors (Lipinski definition) is 5. The quantitative estimate of drug-likeness (QED) is 0.650. The van der Waals surface area contributed by atoms with Gasteiger partial charge in [-0.3, -0.25) is 4.79 Å². The van der Waals surface area contributed by atoms with Gasteiger partial charge in [0, 0.05) is 29.1 Å². The third-order valence-corrected chi connectivity index (χ3v) is 6.70. The highest BCUT2D eigenvalue weighted by molar-refractivity contribution is 9.11. The molecule has 0 saturated heterocycles. The highest BCUT2D eigenvalue weighted by Crippen LogP contribution is 2.35. The van der Waals surface area contributed by atoms with Crippen molar-refractivity contribution in [2.75, 3.05) is 20.8 Å². The SMILES string of the molecule is COc1cc2c(cc1OC)C(=O)N(CCC(C)(N)CCc1ccc(Br)s1)C2. The van der Waals surface area contributed by atoms with Gasteiger partial charge in [-0.1, -0.05) is 0 Å². The fourth-order valence-electron chi connectivity index (χ4n) is 3.29. The topological polar surface area (TPSA) is 64.8 Å². The summed E-state index contributed by atoms with van der Waals surface area (Å²) < 4.78 is 11.8. The van der Waals surface area contributed by atoms with Gasteiger partial charge in [-0.15, -0.1) is 11.3 Å². The van der Waals surface area contributed by atoms with Crippen molar-refractivity contribution in [3.63, 3.8) is 0 Å². The van der Waals surface area contributed by atoms with E-state index in [4.69, 9.17) is 15.2 Å². The number of ether oxygens (including phenoxy) is 2. The fourth-order valence-corrected chi connectivity index (χ4v) is 4.77. The van der Waals surface area contributed by atoms with Crippen LogP contribution in [0.25, 0.3) is 0 Å². The Balaban J connectivity index is 1.60. The number of aryl methyl sites for hydroxylation is 1. The lowest BCUT2D eigenvalue weighted by Crippen LogP contribution is -2.40. The Kier molecular flexibility index (Phi) is 6.13. The molecule has 7 heteroatoms. The second-order valence-corrected chi connectivity index (χ2v) is 9.75. The maximum Gasteiger partial charge on any atom is 0.254 e. The highest BCUT2D eigenvalue weighted by atomic mass is 79.9. The Bertz CT molecular complexity index is 835. The van der Waals surface area contributed by atoms with E-state index >= 15 is 0 Å². The van der Waals surface area contributed by atoms with Crippen LogP contribution in [0.5, 0.6) is 11.5 Å². The Morgan fingerprint density at radius 1 is 1.22 bits per heavy atom. The molecule has 0 fully saturated rings. The molecule has 27 heavy (non-hydrogen) atoms. The van der Waals surface area contributed by atoms with Crippen molar-refractivity contribution >= 4 is 33.2 Å². The minimum absolute atomic E-state index is 0.0314. The van der Waals surface area contributed by atoms with Gasteiger partial charge in [-0.2, -0.15) is 0 Å². The summed E-state index contributed by atoms with van der Waals surface area (Å²) in [5, 5.41) is 0. The van der Waals surface area contributed by atoms with Gasteiger partial charge in [0.1, 0.15) is 0 Å². The molecule has 1 aliphatic rings. The number of rotatable bonds is 8. The Morgan fingerprint density at radius 2 is 1.93 bits per heavy atom. The third-order valence-electron chi connectivity index (χ3n) is 5.01. The standard InChI is InChI=1S/C20H25BrN2O3S/c1-20(22,7-6-14-4-5-18(21)27-14)8-9-23-12-13-10-16(25-2)17(26-3)11-15(13)19(23)24/h4-5,10-11H,6-9,12,22H2,1-3H3. The molecule has 0 aliphatic carbocycles. The maximum absolute atomic E-state index is 12.7. The normalized spacial score (nSPS) is 15.6. The summed E-state index contributed by atoms with van der Waals surface area (Å²) in [5.41, 5.74) is 7.85. The molecule has 0 bridgehead atoms. The first-order chi connectivity index (χ1) is 12.8. The van der Waals surface area contributed by atoms with Crippen LogP contribution < -0.4 is 15.2 Å². The summed E-state index contributed by atoms with van der Waals surface area (Å²) >= 11 is 5.24. The molecule has 1 aliphatic heterocycles. The molecular weight excluding hydrogens is 428 g/mol. The average molecular weight is 453 g/mol. The number of hydrogen-bond donors (Lipinski definition) is 1. The number of halogens is 1. The van der Waals surface area contributed by atoms with Crippen LogP contribution >= 0.6 is 27.3 Å². The van der Waals surface area contributed by atoms with E-state index in [1.807, 2.05) is 11.0 Å². The van der Waals surface area contributed by atoms with Crippen LogP contribution in [0.4, 0.5) is 0 Å². The Hall–Kier alpha value is -1.57. The van der Waals surface area contributed by atoms with Crippen LogP contribution in [-0.4, -0.2) is 37.1 Å². The molecule has 1 aromatic heterocycles. The van der Waals surface area contributed by atoms with Gasteiger partial charge >= 0.3 is 0 Å². The molecule has 146 valence electrons. The van der Waals surface area contributed by atoms with Crippen LogP contribution in [0, 0.1) is 0 Å². The van der Waals surface area contributed by atoms with E-state index in [2.05, 4.69) is 35.0 Å². The number of benzene rings is 1. The molecule has 2 N–H and O–H groups in total. The van der Waals surface area contributed by atoms with Crippen LogP contribution in [0.15, 0.2) is 28.1 Å². The van der Waals surface area contributed by atoms with E-state index in [9.17, 15) is 4.79 Å². The second-order valence-electron chi connectivity index (χ2n) is 7.20. The van der Waals surface area contributed by atoms with Crippen molar-refractivity contribution in [3.05, 3.63) is 44.1 Å². The number of fused-ring (bicyclic) bond motifs is 1. The van der Waals surface area contributed by atoms with E-state index in [0.717, 1.165) is 28.6 Å². The van der Waals surface area contributed by atoms with Crippen LogP contribution in [0.2, 0.25) is 0 Å². The number of nitrogens with two attached hydrogens (primary N) is 1. The summed E-state index contributed by atoms with van der Waals surface area (Å²) in [5.74, 6) is 1.26. The molecule has 1 unspecified atom stereocenters. The predicted molar refractivity (Wildman–Crippen MR) is 112 cm³/mol. The Morgan fingerprint density at radius 3 is 2.56 bits per heavy atom. The fraction of sp³-hybridized carbons (Fsp3) is 0.450. The molecule has 0 radical (unpaired) electrons. The van der Waals surface area contributed by atoms with Crippen molar-refractivity contribution in [2.24, 2.45) is 5.73 Å². The summed E-state index contributed by atoms with van der Waals surface area (Å²) in [7, 11) is 3.18. The van der Waals surface area contributed by atoms with Crippen molar-refractivity contribution in [1.82, 2.24) is 4.90 Å². The van der Waals surface area contributed by atoms with E-state index in [0.29, 0.717) is 30.2 Å². The van der Waals surface area contributed by atoms with Gasteiger partial charge in [0.25, 0.3) is 5.91 Å². The highest BCUT2D eigenvalue weighted by Gasteiger charge is 2.30. The van der Waals surface area contributed by atoms with Crippen molar-refractivity contribution in [2.45, 2.75) is 38.3 Å². The molecular formula is C20H25BrN2O3S. The van der Waals surface area contributed by atoms with E-state index in [1.54, 1.807) is 31.6 Å².